The summed E-state index contributed by atoms with van der Waals surface area (Å²) in [7, 11) is 1.94. The minimum Gasteiger partial charge on any atom is -0.459 e. The van der Waals surface area contributed by atoms with Crippen molar-refractivity contribution in [2.24, 2.45) is 7.05 Å². The van der Waals surface area contributed by atoms with Crippen LogP contribution in [-0.4, -0.2) is 38.8 Å². The van der Waals surface area contributed by atoms with Crippen LogP contribution in [0.25, 0.3) is 0 Å². The van der Waals surface area contributed by atoms with Crippen molar-refractivity contribution in [1.29, 1.82) is 0 Å². The summed E-state index contributed by atoms with van der Waals surface area (Å²) < 4.78 is 8.45. The summed E-state index contributed by atoms with van der Waals surface area (Å²) in [4.78, 5) is 14.5. The van der Waals surface area contributed by atoms with Crippen molar-refractivity contribution in [3.05, 3.63) is 15.9 Å². The fraction of sp³-hybridized carbons (Fsp3) is 0.733. The Morgan fingerprint density at radius 2 is 2.14 bits per heavy atom. The molecule has 1 aromatic heterocycles. The molecule has 2 heterocycles. The van der Waals surface area contributed by atoms with Crippen LogP contribution in [0, 0.1) is 6.92 Å². The molecule has 0 aromatic carbocycles. The van der Waals surface area contributed by atoms with Crippen molar-refractivity contribution in [1.82, 2.24) is 14.7 Å². The van der Waals surface area contributed by atoms with Crippen LogP contribution in [0.5, 0.6) is 0 Å². The van der Waals surface area contributed by atoms with Gasteiger partial charge in [-0.25, -0.2) is 0 Å². The van der Waals surface area contributed by atoms with Crippen LogP contribution >= 0.6 is 15.9 Å². The van der Waals surface area contributed by atoms with Crippen LogP contribution in [0.1, 0.15) is 45.0 Å². The van der Waals surface area contributed by atoms with Crippen molar-refractivity contribution in [2.45, 2.75) is 58.7 Å². The number of carbonyl (C=O) groups excluding carboxylic acids is 1. The molecule has 0 aliphatic carbocycles. The fourth-order valence-electron chi connectivity index (χ4n) is 2.70. The molecule has 21 heavy (non-hydrogen) atoms. The maximum Gasteiger partial charge on any atom is 0.323 e. The lowest BCUT2D eigenvalue weighted by molar-refractivity contribution is -0.160. The van der Waals surface area contributed by atoms with E-state index in [-0.39, 0.29) is 12.0 Å². The normalized spacial score (nSPS) is 20.0. The molecule has 0 unspecified atom stereocenters. The summed E-state index contributed by atoms with van der Waals surface area (Å²) in [6.07, 6.45) is 1.89. The molecule has 1 saturated heterocycles. The van der Waals surface area contributed by atoms with Gasteiger partial charge in [0.25, 0.3) is 0 Å². The molecule has 0 N–H and O–H groups in total. The SMILES string of the molecule is Cc1nn(C)c(CN2CCC[C@@H]2C(=O)OC(C)(C)C)c1Br. The summed E-state index contributed by atoms with van der Waals surface area (Å²) in [6.45, 7) is 9.33. The molecule has 0 amide bonds. The Labute approximate surface area is 134 Å². The van der Waals surface area contributed by atoms with Crippen molar-refractivity contribution in [3.8, 4) is 0 Å². The van der Waals surface area contributed by atoms with E-state index in [1.165, 1.54) is 0 Å². The summed E-state index contributed by atoms with van der Waals surface area (Å²) in [5.74, 6) is -0.116. The van der Waals surface area contributed by atoms with E-state index in [9.17, 15) is 4.79 Å². The highest BCUT2D eigenvalue weighted by Crippen LogP contribution is 2.27. The standard InChI is InChI=1S/C15H24BrN3O2/c1-10-13(16)12(18(5)17-10)9-19-8-6-7-11(19)14(20)21-15(2,3)4/h11H,6-9H2,1-5H3/t11-/m1/s1. The summed E-state index contributed by atoms with van der Waals surface area (Å²) in [5.41, 5.74) is 1.64. The third-order valence-electron chi connectivity index (χ3n) is 3.66. The Balaban J connectivity index is 2.10. The highest BCUT2D eigenvalue weighted by Gasteiger charge is 2.34. The molecule has 0 radical (unpaired) electrons. The second kappa shape index (κ2) is 6.08. The molecule has 1 aromatic rings. The van der Waals surface area contributed by atoms with Gasteiger partial charge in [0, 0.05) is 13.6 Å². The Hall–Kier alpha value is -0.880. The smallest absolute Gasteiger partial charge is 0.323 e. The van der Waals surface area contributed by atoms with Crippen LogP contribution in [0.15, 0.2) is 4.47 Å². The maximum atomic E-state index is 12.3. The average Bonchev–Trinajstić information content (AvgIpc) is 2.88. The molecule has 1 fully saturated rings. The first-order valence-corrected chi connectivity index (χ1v) is 8.13. The van der Waals surface area contributed by atoms with Crippen LogP contribution in [0.2, 0.25) is 0 Å². The van der Waals surface area contributed by atoms with Gasteiger partial charge in [0.2, 0.25) is 0 Å². The first kappa shape index (κ1) is 16.5. The van der Waals surface area contributed by atoms with Crippen LogP contribution in [0.3, 0.4) is 0 Å². The zero-order chi connectivity index (χ0) is 15.8. The van der Waals surface area contributed by atoms with Crippen molar-refractivity contribution in [2.75, 3.05) is 6.54 Å². The molecule has 0 spiro atoms. The highest BCUT2D eigenvalue weighted by molar-refractivity contribution is 9.10. The number of carbonyl (C=O) groups is 1. The predicted octanol–water partition coefficient (Wildman–Crippen LogP) is 2.80. The van der Waals surface area contributed by atoms with E-state index in [0.29, 0.717) is 6.54 Å². The molecule has 1 atom stereocenters. The van der Waals surface area contributed by atoms with Crippen LogP contribution in [0.4, 0.5) is 0 Å². The maximum absolute atomic E-state index is 12.3. The average molecular weight is 358 g/mol. The second-order valence-corrected chi connectivity index (χ2v) is 7.42. The number of hydrogen-bond donors (Lipinski definition) is 0. The first-order chi connectivity index (χ1) is 9.69. The number of esters is 1. The summed E-state index contributed by atoms with van der Waals surface area (Å²) in [6, 6.07) is -0.147. The van der Waals surface area contributed by atoms with Crippen LogP contribution in [-0.2, 0) is 23.1 Å². The molecule has 1 aliphatic rings. The molecule has 0 saturated carbocycles. The molecule has 1 aliphatic heterocycles. The lowest BCUT2D eigenvalue weighted by Crippen LogP contribution is -2.40. The zero-order valence-electron chi connectivity index (χ0n) is 13.4. The van der Waals surface area contributed by atoms with Gasteiger partial charge in [-0.3, -0.25) is 14.4 Å². The number of ether oxygens (including phenoxy) is 1. The lowest BCUT2D eigenvalue weighted by Gasteiger charge is -2.27. The largest absolute Gasteiger partial charge is 0.459 e. The van der Waals surface area contributed by atoms with Gasteiger partial charge in [-0.05, 0) is 63.0 Å². The number of nitrogens with zero attached hydrogens (tertiary/aromatic N) is 3. The predicted molar refractivity (Wildman–Crippen MR) is 84.9 cm³/mol. The minimum atomic E-state index is -0.435. The summed E-state index contributed by atoms with van der Waals surface area (Å²) >= 11 is 3.59. The highest BCUT2D eigenvalue weighted by atomic mass is 79.9. The van der Waals surface area contributed by atoms with E-state index in [4.69, 9.17) is 4.74 Å². The van der Waals surface area contributed by atoms with Gasteiger partial charge in [0.1, 0.15) is 11.6 Å². The van der Waals surface area contributed by atoms with E-state index in [2.05, 4.69) is 25.9 Å². The van der Waals surface area contributed by atoms with E-state index < -0.39 is 5.60 Å². The Morgan fingerprint density at radius 1 is 1.48 bits per heavy atom. The molecule has 118 valence electrons. The molecule has 2 rings (SSSR count). The zero-order valence-corrected chi connectivity index (χ0v) is 15.0. The van der Waals surface area contributed by atoms with E-state index in [1.54, 1.807) is 0 Å². The minimum absolute atomic E-state index is 0.116. The quantitative estimate of drug-likeness (QED) is 0.780. The number of halogens is 1. The number of hydrogen-bond acceptors (Lipinski definition) is 4. The second-order valence-electron chi connectivity index (χ2n) is 6.63. The number of aryl methyl sites for hydroxylation is 2. The van der Waals surface area contributed by atoms with Gasteiger partial charge in [-0.2, -0.15) is 5.10 Å². The van der Waals surface area contributed by atoms with Crippen molar-refractivity contribution < 1.29 is 9.53 Å². The number of likely N-dealkylation sites (tertiary alicyclic amines) is 1. The Kier molecular flexibility index (Phi) is 4.78. The lowest BCUT2D eigenvalue weighted by atomic mass is 10.1. The van der Waals surface area contributed by atoms with Gasteiger partial charge < -0.3 is 4.74 Å². The van der Waals surface area contributed by atoms with Crippen molar-refractivity contribution in [3.63, 3.8) is 0 Å². The van der Waals surface area contributed by atoms with Gasteiger partial charge in [0.05, 0.1) is 15.9 Å². The molecule has 0 bridgehead atoms. The topological polar surface area (TPSA) is 47.4 Å². The Bertz CT molecular complexity index is 534. The van der Waals surface area contributed by atoms with Gasteiger partial charge >= 0.3 is 5.97 Å². The molecular weight excluding hydrogens is 334 g/mol. The van der Waals surface area contributed by atoms with Gasteiger partial charge in [-0.15, -0.1) is 0 Å². The van der Waals surface area contributed by atoms with Crippen molar-refractivity contribution >= 4 is 21.9 Å². The van der Waals surface area contributed by atoms with Gasteiger partial charge in [0.15, 0.2) is 0 Å². The third kappa shape index (κ3) is 3.86. The van der Waals surface area contributed by atoms with E-state index in [1.807, 2.05) is 39.4 Å². The number of aromatic nitrogens is 2. The Morgan fingerprint density at radius 3 is 2.67 bits per heavy atom. The third-order valence-corrected chi connectivity index (χ3v) is 4.69. The molecule has 5 nitrogen and oxygen atoms in total. The molecule has 6 heteroatoms. The number of rotatable bonds is 3. The van der Waals surface area contributed by atoms with Gasteiger partial charge in [-0.1, -0.05) is 0 Å². The summed E-state index contributed by atoms with van der Waals surface area (Å²) in [5, 5.41) is 4.41. The van der Waals surface area contributed by atoms with E-state index in [0.717, 1.165) is 35.2 Å². The van der Waals surface area contributed by atoms with Crippen LogP contribution < -0.4 is 0 Å². The monoisotopic (exact) mass is 357 g/mol. The molecular formula is C15H24BrN3O2. The van der Waals surface area contributed by atoms with E-state index >= 15 is 0 Å². The fourth-order valence-corrected chi connectivity index (χ4v) is 3.16. The first-order valence-electron chi connectivity index (χ1n) is 7.34.